The number of halogens is 1. The first-order valence-electron chi connectivity index (χ1n) is 7.28. The van der Waals surface area contributed by atoms with Crippen molar-refractivity contribution in [1.82, 2.24) is 5.32 Å². The summed E-state index contributed by atoms with van der Waals surface area (Å²) in [4.78, 5) is 12.0. The Labute approximate surface area is 133 Å². The summed E-state index contributed by atoms with van der Waals surface area (Å²) in [7, 11) is -2.96. The number of sulfone groups is 1. The number of carbonyl (C=O) groups is 1. The summed E-state index contributed by atoms with van der Waals surface area (Å²) in [6, 6.07) is 9.15. The van der Waals surface area contributed by atoms with Crippen molar-refractivity contribution in [3.63, 3.8) is 0 Å². The van der Waals surface area contributed by atoms with Gasteiger partial charge in [0.1, 0.15) is 11.6 Å². The van der Waals surface area contributed by atoms with Gasteiger partial charge in [-0.2, -0.15) is 0 Å². The summed E-state index contributed by atoms with van der Waals surface area (Å²) in [5.41, 5.74) is 0.286. The van der Waals surface area contributed by atoms with Gasteiger partial charge in [-0.3, -0.25) is 4.79 Å². The van der Waals surface area contributed by atoms with Gasteiger partial charge in [-0.15, -0.1) is 0 Å². The minimum absolute atomic E-state index is 0.0649. The minimum atomic E-state index is -2.96. The topological polar surface area (TPSA) is 76.4 Å². The quantitative estimate of drug-likeness (QED) is 0.928. The number of furan rings is 1. The van der Waals surface area contributed by atoms with Gasteiger partial charge in [0, 0.05) is 6.54 Å². The van der Waals surface area contributed by atoms with Gasteiger partial charge in [0.15, 0.2) is 15.6 Å². The summed E-state index contributed by atoms with van der Waals surface area (Å²) in [5.74, 6) is -0.301. The molecule has 0 saturated carbocycles. The van der Waals surface area contributed by atoms with Crippen LogP contribution >= 0.6 is 0 Å². The largest absolute Gasteiger partial charge is 0.451 e. The summed E-state index contributed by atoms with van der Waals surface area (Å²) < 4.78 is 41.9. The van der Waals surface area contributed by atoms with E-state index in [1.807, 2.05) is 0 Å². The van der Waals surface area contributed by atoms with Crippen molar-refractivity contribution < 1.29 is 22.0 Å². The Morgan fingerprint density at radius 3 is 2.74 bits per heavy atom. The maximum atomic E-state index is 13.7. The molecule has 1 N–H and O–H groups in total. The monoisotopic (exact) mass is 337 g/mol. The average molecular weight is 337 g/mol. The third-order valence-electron chi connectivity index (χ3n) is 3.85. The van der Waals surface area contributed by atoms with Crippen molar-refractivity contribution >= 4 is 15.7 Å². The zero-order chi connectivity index (χ0) is 16.4. The molecule has 1 aliphatic rings. The van der Waals surface area contributed by atoms with Crippen LogP contribution in [0, 0.1) is 11.7 Å². The van der Waals surface area contributed by atoms with E-state index in [0.29, 0.717) is 6.42 Å². The van der Waals surface area contributed by atoms with Gasteiger partial charge < -0.3 is 9.73 Å². The van der Waals surface area contributed by atoms with Gasteiger partial charge in [0.25, 0.3) is 5.91 Å². The predicted molar refractivity (Wildman–Crippen MR) is 83.2 cm³/mol. The minimum Gasteiger partial charge on any atom is -0.451 e. The number of hydrogen-bond acceptors (Lipinski definition) is 4. The van der Waals surface area contributed by atoms with Crippen molar-refractivity contribution in [2.75, 3.05) is 18.1 Å². The zero-order valence-corrected chi connectivity index (χ0v) is 13.1. The van der Waals surface area contributed by atoms with Gasteiger partial charge in [-0.05, 0) is 36.6 Å². The fourth-order valence-electron chi connectivity index (χ4n) is 2.62. The average Bonchev–Trinajstić information content (AvgIpc) is 3.12. The lowest BCUT2D eigenvalue weighted by Crippen LogP contribution is -2.29. The summed E-state index contributed by atoms with van der Waals surface area (Å²) >= 11 is 0. The van der Waals surface area contributed by atoms with E-state index in [1.165, 1.54) is 18.2 Å². The molecule has 1 amide bonds. The molecule has 23 heavy (non-hydrogen) atoms. The number of carbonyl (C=O) groups excluding carboxylic acids is 1. The molecule has 1 aromatic heterocycles. The van der Waals surface area contributed by atoms with Crippen LogP contribution in [0.1, 0.15) is 17.0 Å². The van der Waals surface area contributed by atoms with Crippen LogP contribution in [0.2, 0.25) is 0 Å². The predicted octanol–water partition coefficient (Wildman–Crippen LogP) is 2.25. The van der Waals surface area contributed by atoms with Crippen LogP contribution in [0.3, 0.4) is 0 Å². The lowest BCUT2D eigenvalue weighted by atomic mass is 10.1. The van der Waals surface area contributed by atoms with E-state index in [2.05, 4.69) is 5.32 Å². The zero-order valence-electron chi connectivity index (χ0n) is 12.3. The third kappa shape index (κ3) is 3.61. The van der Waals surface area contributed by atoms with Crippen LogP contribution in [0.4, 0.5) is 4.39 Å². The van der Waals surface area contributed by atoms with Crippen molar-refractivity contribution in [3.8, 4) is 11.3 Å². The third-order valence-corrected chi connectivity index (χ3v) is 5.68. The van der Waals surface area contributed by atoms with E-state index < -0.39 is 21.6 Å². The molecule has 0 unspecified atom stereocenters. The molecule has 1 aromatic carbocycles. The normalized spacial score (nSPS) is 19.6. The highest BCUT2D eigenvalue weighted by atomic mass is 32.2. The van der Waals surface area contributed by atoms with E-state index >= 15 is 0 Å². The van der Waals surface area contributed by atoms with E-state index in [0.717, 1.165) is 0 Å². The lowest BCUT2D eigenvalue weighted by Gasteiger charge is -2.08. The molecule has 0 spiro atoms. The molecule has 0 radical (unpaired) electrons. The Balaban J connectivity index is 1.64. The second-order valence-electron chi connectivity index (χ2n) is 5.62. The molecule has 2 heterocycles. The van der Waals surface area contributed by atoms with Crippen LogP contribution in [0.5, 0.6) is 0 Å². The number of amides is 1. The molecule has 7 heteroatoms. The van der Waals surface area contributed by atoms with Gasteiger partial charge in [0.2, 0.25) is 0 Å². The summed E-state index contributed by atoms with van der Waals surface area (Å²) in [6.07, 6.45) is 0.557. The lowest BCUT2D eigenvalue weighted by molar-refractivity contribution is 0.0921. The number of rotatable bonds is 4. The highest BCUT2D eigenvalue weighted by molar-refractivity contribution is 7.91. The Bertz CT molecular complexity index is 828. The van der Waals surface area contributed by atoms with Gasteiger partial charge in [0.05, 0.1) is 17.1 Å². The van der Waals surface area contributed by atoms with Crippen LogP contribution in [0.25, 0.3) is 11.3 Å². The Morgan fingerprint density at radius 2 is 2.04 bits per heavy atom. The van der Waals surface area contributed by atoms with Gasteiger partial charge in [-0.1, -0.05) is 12.1 Å². The molecule has 2 aromatic rings. The van der Waals surface area contributed by atoms with Gasteiger partial charge >= 0.3 is 0 Å². The van der Waals surface area contributed by atoms with Crippen molar-refractivity contribution in [2.45, 2.75) is 6.42 Å². The van der Waals surface area contributed by atoms with E-state index in [4.69, 9.17) is 4.42 Å². The number of hydrogen-bond donors (Lipinski definition) is 1. The first-order valence-corrected chi connectivity index (χ1v) is 9.10. The number of nitrogens with one attached hydrogen (secondary N) is 1. The Hall–Kier alpha value is -2.15. The Kier molecular flexibility index (Phi) is 4.21. The molecule has 0 bridgehead atoms. The van der Waals surface area contributed by atoms with Crippen LogP contribution in [-0.2, 0) is 9.84 Å². The van der Waals surface area contributed by atoms with Crippen LogP contribution in [-0.4, -0.2) is 32.4 Å². The van der Waals surface area contributed by atoms with Crippen molar-refractivity contribution in [2.24, 2.45) is 5.92 Å². The van der Waals surface area contributed by atoms with Crippen LogP contribution < -0.4 is 5.32 Å². The molecule has 3 rings (SSSR count). The fraction of sp³-hybridized carbons (Fsp3) is 0.312. The van der Waals surface area contributed by atoms with Gasteiger partial charge in [-0.25, -0.2) is 12.8 Å². The second-order valence-corrected chi connectivity index (χ2v) is 7.85. The molecule has 5 nitrogen and oxygen atoms in total. The SMILES string of the molecule is O=C(NC[C@@H]1CCS(=O)(=O)C1)c1ccc(-c2ccccc2F)o1. The Morgan fingerprint density at radius 1 is 1.26 bits per heavy atom. The smallest absolute Gasteiger partial charge is 0.287 e. The molecule has 122 valence electrons. The highest BCUT2D eigenvalue weighted by Gasteiger charge is 2.28. The molecule has 1 saturated heterocycles. The van der Waals surface area contributed by atoms with Crippen molar-refractivity contribution in [1.29, 1.82) is 0 Å². The molecule has 0 aliphatic carbocycles. The molecule has 1 fully saturated rings. The van der Waals surface area contributed by atoms with Crippen molar-refractivity contribution in [3.05, 3.63) is 48.0 Å². The highest BCUT2D eigenvalue weighted by Crippen LogP contribution is 2.25. The molecular formula is C16H16FNO4S. The summed E-state index contributed by atoms with van der Waals surface area (Å²) in [5, 5.41) is 2.67. The maximum absolute atomic E-state index is 13.7. The fourth-order valence-corrected chi connectivity index (χ4v) is 4.48. The molecular weight excluding hydrogens is 321 g/mol. The van der Waals surface area contributed by atoms with E-state index in [1.54, 1.807) is 18.2 Å². The molecule has 1 aliphatic heterocycles. The summed E-state index contributed by atoms with van der Waals surface area (Å²) in [6.45, 7) is 0.286. The van der Waals surface area contributed by atoms with Crippen LogP contribution in [0.15, 0.2) is 40.8 Å². The first kappa shape index (κ1) is 15.7. The maximum Gasteiger partial charge on any atom is 0.287 e. The standard InChI is InChI=1S/C16H16FNO4S/c17-13-4-2-1-3-12(13)14-5-6-15(22-14)16(19)18-9-11-7-8-23(20,21)10-11/h1-6,11H,7-10H2,(H,18,19)/t11-/m0/s1. The van der Waals surface area contributed by atoms with E-state index in [-0.39, 0.29) is 41.1 Å². The van der Waals surface area contributed by atoms with E-state index in [9.17, 15) is 17.6 Å². The molecule has 1 atom stereocenters. The second kappa shape index (κ2) is 6.16. The number of benzene rings is 1. The first-order chi connectivity index (χ1) is 10.9.